The summed E-state index contributed by atoms with van der Waals surface area (Å²) in [6.07, 6.45) is 6.32. The summed E-state index contributed by atoms with van der Waals surface area (Å²) < 4.78 is 1.82. The summed E-state index contributed by atoms with van der Waals surface area (Å²) in [5.41, 5.74) is 2.41. The molecule has 3 nitrogen and oxygen atoms in total. The molecule has 0 radical (unpaired) electrons. The van der Waals surface area contributed by atoms with Gasteiger partial charge in [0.15, 0.2) is 0 Å². The van der Waals surface area contributed by atoms with E-state index < -0.39 is 0 Å². The molecular weight excluding hydrogens is 258 g/mol. The predicted molar refractivity (Wildman–Crippen MR) is 79.7 cm³/mol. The van der Waals surface area contributed by atoms with Gasteiger partial charge in [0.05, 0.1) is 0 Å². The molecule has 0 aliphatic carbocycles. The van der Waals surface area contributed by atoms with Crippen molar-refractivity contribution < 1.29 is 0 Å². The third-order valence-corrected chi connectivity index (χ3v) is 2.88. The summed E-state index contributed by atoms with van der Waals surface area (Å²) in [5, 5.41) is 4.97. The molecular formula is C15H18ClN3. The van der Waals surface area contributed by atoms with Gasteiger partial charge in [-0.15, -0.1) is 0 Å². The van der Waals surface area contributed by atoms with Crippen LogP contribution in [-0.2, 0) is 0 Å². The van der Waals surface area contributed by atoms with E-state index in [0.717, 1.165) is 22.7 Å². The van der Waals surface area contributed by atoms with Crippen molar-refractivity contribution in [2.24, 2.45) is 5.41 Å². The number of allylic oxidation sites excluding steroid dienone is 1. The summed E-state index contributed by atoms with van der Waals surface area (Å²) in [6.45, 7) is 6.62. The topological polar surface area (TPSA) is 30.7 Å². The molecule has 100 valence electrons. The number of aromatic nitrogens is 3. The number of rotatable bonds is 3. The molecule has 0 amide bonds. The largest absolute Gasteiger partial charge is 0.225 e. The van der Waals surface area contributed by atoms with Crippen LogP contribution in [0.1, 0.15) is 32.8 Å². The molecule has 0 saturated carbocycles. The van der Waals surface area contributed by atoms with Crippen molar-refractivity contribution in [3.8, 4) is 0 Å². The van der Waals surface area contributed by atoms with Crippen molar-refractivity contribution in [2.45, 2.75) is 27.2 Å². The summed E-state index contributed by atoms with van der Waals surface area (Å²) in [4.78, 5) is 4.02. The monoisotopic (exact) mass is 275 g/mol. The second kappa shape index (κ2) is 5.57. The number of benzene rings is 1. The Kier molecular flexibility index (Phi) is 4.05. The molecule has 2 rings (SSSR count). The Hall–Kier alpha value is -1.61. The second-order valence-corrected chi connectivity index (χ2v) is 6.20. The Labute approximate surface area is 118 Å². The zero-order valence-corrected chi connectivity index (χ0v) is 12.2. The quantitative estimate of drug-likeness (QED) is 0.833. The van der Waals surface area contributed by atoms with Crippen molar-refractivity contribution in [3.05, 3.63) is 47.5 Å². The molecule has 0 atom stereocenters. The zero-order chi connectivity index (χ0) is 13.9. The van der Waals surface area contributed by atoms with Gasteiger partial charge in [0.2, 0.25) is 0 Å². The van der Waals surface area contributed by atoms with Gasteiger partial charge >= 0.3 is 0 Å². The zero-order valence-electron chi connectivity index (χ0n) is 11.5. The van der Waals surface area contributed by atoms with Crippen LogP contribution in [0, 0.1) is 5.41 Å². The molecule has 1 heterocycles. The van der Waals surface area contributed by atoms with Crippen LogP contribution in [0.3, 0.4) is 0 Å². The standard InChI is InChI=1S/C15H18ClN3/c1-15(2,3)9-14(19-11-17-10-18-19)8-12-4-6-13(16)7-5-12/h4-8,10-11H,9H2,1-3H3/b14-8+. The van der Waals surface area contributed by atoms with Crippen molar-refractivity contribution in [1.82, 2.24) is 14.8 Å². The molecule has 0 saturated heterocycles. The highest BCUT2D eigenvalue weighted by Crippen LogP contribution is 2.27. The van der Waals surface area contributed by atoms with Crippen LogP contribution < -0.4 is 0 Å². The van der Waals surface area contributed by atoms with E-state index in [2.05, 4.69) is 36.9 Å². The van der Waals surface area contributed by atoms with E-state index in [1.54, 1.807) is 12.7 Å². The van der Waals surface area contributed by atoms with Crippen molar-refractivity contribution in [3.63, 3.8) is 0 Å². The van der Waals surface area contributed by atoms with Crippen LogP contribution in [0.4, 0.5) is 0 Å². The van der Waals surface area contributed by atoms with Gasteiger partial charge in [-0.25, -0.2) is 9.67 Å². The normalized spacial score (nSPS) is 12.7. The predicted octanol–water partition coefficient (Wildman–Crippen LogP) is 4.37. The van der Waals surface area contributed by atoms with Crippen LogP contribution in [0.25, 0.3) is 11.8 Å². The van der Waals surface area contributed by atoms with E-state index in [1.165, 1.54) is 0 Å². The molecule has 0 unspecified atom stereocenters. The van der Waals surface area contributed by atoms with E-state index >= 15 is 0 Å². The Morgan fingerprint density at radius 1 is 1.26 bits per heavy atom. The third kappa shape index (κ3) is 4.21. The fourth-order valence-electron chi connectivity index (χ4n) is 1.85. The lowest BCUT2D eigenvalue weighted by molar-refractivity contribution is 0.419. The second-order valence-electron chi connectivity index (χ2n) is 5.76. The summed E-state index contributed by atoms with van der Waals surface area (Å²) in [6, 6.07) is 7.79. The third-order valence-electron chi connectivity index (χ3n) is 2.63. The summed E-state index contributed by atoms with van der Waals surface area (Å²) in [7, 11) is 0. The van der Waals surface area contributed by atoms with Gasteiger partial charge in [0.1, 0.15) is 12.7 Å². The first-order valence-electron chi connectivity index (χ1n) is 6.25. The summed E-state index contributed by atoms with van der Waals surface area (Å²) in [5.74, 6) is 0. The first kappa shape index (κ1) is 13.8. The maximum Gasteiger partial charge on any atom is 0.138 e. The minimum Gasteiger partial charge on any atom is -0.225 e. The van der Waals surface area contributed by atoms with Gasteiger partial charge < -0.3 is 0 Å². The number of halogens is 1. The SMILES string of the molecule is CC(C)(C)C/C(=C\c1ccc(Cl)cc1)n1cncn1. The molecule has 0 fully saturated rings. The van der Waals surface area contributed by atoms with Crippen LogP contribution in [-0.4, -0.2) is 14.8 Å². The molecule has 0 aliphatic heterocycles. The molecule has 19 heavy (non-hydrogen) atoms. The van der Waals surface area contributed by atoms with E-state index in [-0.39, 0.29) is 5.41 Å². The van der Waals surface area contributed by atoms with E-state index in [4.69, 9.17) is 11.6 Å². The number of hydrogen-bond acceptors (Lipinski definition) is 2. The fraction of sp³-hybridized carbons (Fsp3) is 0.333. The first-order chi connectivity index (χ1) is 8.94. The Morgan fingerprint density at radius 3 is 2.47 bits per heavy atom. The highest BCUT2D eigenvalue weighted by molar-refractivity contribution is 6.30. The van der Waals surface area contributed by atoms with Gasteiger partial charge in [0, 0.05) is 10.7 Å². The smallest absolute Gasteiger partial charge is 0.138 e. The fourth-order valence-corrected chi connectivity index (χ4v) is 1.98. The molecule has 2 aromatic rings. The van der Waals surface area contributed by atoms with Gasteiger partial charge in [-0.2, -0.15) is 5.10 Å². The molecule has 0 bridgehead atoms. The lowest BCUT2D eigenvalue weighted by atomic mass is 9.90. The van der Waals surface area contributed by atoms with E-state index in [1.807, 2.05) is 28.9 Å². The van der Waals surface area contributed by atoms with Crippen molar-refractivity contribution in [2.75, 3.05) is 0 Å². The van der Waals surface area contributed by atoms with Gasteiger partial charge in [-0.1, -0.05) is 44.5 Å². The van der Waals surface area contributed by atoms with Gasteiger partial charge in [-0.05, 0) is 35.6 Å². The summed E-state index contributed by atoms with van der Waals surface area (Å²) >= 11 is 5.91. The number of nitrogens with zero attached hydrogens (tertiary/aromatic N) is 3. The maximum absolute atomic E-state index is 5.91. The molecule has 4 heteroatoms. The molecule has 0 spiro atoms. The average Bonchev–Trinajstić information content (AvgIpc) is 2.83. The highest BCUT2D eigenvalue weighted by Gasteiger charge is 2.15. The van der Waals surface area contributed by atoms with Crippen LogP contribution >= 0.6 is 11.6 Å². The molecule has 1 aromatic heterocycles. The van der Waals surface area contributed by atoms with Crippen molar-refractivity contribution in [1.29, 1.82) is 0 Å². The van der Waals surface area contributed by atoms with E-state index in [9.17, 15) is 0 Å². The highest BCUT2D eigenvalue weighted by atomic mass is 35.5. The molecule has 1 aromatic carbocycles. The lowest BCUT2D eigenvalue weighted by Crippen LogP contribution is -2.10. The van der Waals surface area contributed by atoms with Gasteiger partial charge in [0.25, 0.3) is 0 Å². The Balaban J connectivity index is 2.34. The van der Waals surface area contributed by atoms with Crippen LogP contribution in [0.15, 0.2) is 36.9 Å². The minimum atomic E-state index is 0.185. The van der Waals surface area contributed by atoms with Crippen LogP contribution in [0.5, 0.6) is 0 Å². The Bertz CT molecular complexity index is 548. The lowest BCUT2D eigenvalue weighted by Gasteiger charge is -2.20. The minimum absolute atomic E-state index is 0.185. The van der Waals surface area contributed by atoms with Gasteiger partial charge in [-0.3, -0.25) is 0 Å². The number of hydrogen-bond donors (Lipinski definition) is 0. The first-order valence-corrected chi connectivity index (χ1v) is 6.63. The van der Waals surface area contributed by atoms with Crippen molar-refractivity contribution >= 4 is 23.4 Å². The van der Waals surface area contributed by atoms with E-state index in [0.29, 0.717) is 0 Å². The maximum atomic E-state index is 5.91. The molecule has 0 N–H and O–H groups in total. The van der Waals surface area contributed by atoms with Crippen LogP contribution in [0.2, 0.25) is 5.02 Å². The molecule has 0 aliphatic rings. The Morgan fingerprint density at radius 2 is 1.95 bits per heavy atom. The average molecular weight is 276 g/mol.